The number of aromatic amines is 1. The minimum atomic E-state index is -3.74. The van der Waals surface area contributed by atoms with Gasteiger partial charge in [-0.2, -0.15) is 5.10 Å². The number of amides is 1. The summed E-state index contributed by atoms with van der Waals surface area (Å²) in [6.45, 7) is 1.60. The fraction of sp³-hybridized carbons (Fsp3) is 0.350. The van der Waals surface area contributed by atoms with E-state index in [9.17, 15) is 18.0 Å². The summed E-state index contributed by atoms with van der Waals surface area (Å²) in [5.41, 5.74) is 1.48. The highest BCUT2D eigenvalue weighted by Crippen LogP contribution is 2.22. The van der Waals surface area contributed by atoms with Gasteiger partial charge in [-0.1, -0.05) is 12.1 Å². The minimum absolute atomic E-state index is 0.0368. The summed E-state index contributed by atoms with van der Waals surface area (Å²) in [6, 6.07) is 6.17. The quantitative estimate of drug-likeness (QED) is 0.481. The summed E-state index contributed by atoms with van der Waals surface area (Å²) in [5, 5.41) is 14.3. The van der Waals surface area contributed by atoms with Gasteiger partial charge in [0.05, 0.1) is 22.1 Å². The van der Waals surface area contributed by atoms with Crippen molar-refractivity contribution in [3.8, 4) is 11.3 Å². The topological polar surface area (TPSA) is 149 Å². The molecule has 1 aromatic rings. The summed E-state index contributed by atoms with van der Waals surface area (Å²) in [6.07, 6.45) is 5.85. The SMILES string of the molecule is NS(=O)(=O)c1ccc(CCNC(=O)c2cn(C[C@H]3CCCO3)cc3c(=O)[nH]nc2-3)cc1. The maximum Gasteiger partial charge on any atom is 0.275 e. The third-order valence-electron chi connectivity index (χ3n) is 5.25. The first-order valence-corrected chi connectivity index (χ1v) is 11.5. The molecule has 1 atom stereocenters. The molecule has 0 spiro atoms. The summed E-state index contributed by atoms with van der Waals surface area (Å²) in [5.74, 6) is -0.348. The van der Waals surface area contributed by atoms with Gasteiger partial charge in [0.1, 0.15) is 5.69 Å². The van der Waals surface area contributed by atoms with Crippen LogP contribution in [-0.2, 0) is 27.7 Å². The number of fused-ring (bicyclic) bond motifs is 1. The van der Waals surface area contributed by atoms with Crippen LogP contribution in [0.25, 0.3) is 11.3 Å². The number of ether oxygens (including phenoxy) is 1. The van der Waals surface area contributed by atoms with Gasteiger partial charge in [0.2, 0.25) is 10.0 Å². The van der Waals surface area contributed by atoms with E-state index in [1.54, 1.807) is 29.1 Å². The van der Waals surface area contributed by atoms with Gasteiger partial charge < -0.3 is 14.6 Å². The lowest BCUT2D eigenvalue weighted by atomic mass is 10.1. The van der Waals surface area contributed by atoms with E-state index in [0.29, 0.717) is 36.3 Å². The third kappa shape index (κ3) is 4.84. The van der Waals surface area contributed by atoms with Gasteiger partial charge >= 0.3 is 0 Å². The smallest absolute Gasteiger partial charge is 0.275 e. The van der Waals surface area contributed by atoms with Crippen molar-refractivity contribution in [1.29, 1.82) is 0 Å². The first kappa shape index (κ1) is 21.2. The predicted octanol–water partition coefficient (Wildman–Crippen LogP) is 0.475. The number of nitrogens with zero attached hydrogens (tertiary/aromatic N) is 2. The molecule has 0 unspecified atom stereocenters. The van der Waals surface area contributed by atoms with Crippen molar-refractivity contribution in [3.05, 3.63) is 58.1 Å². The van der Waals surface area contributed by atoms with Crippen molar-refractivity contribution in [2.75, 3.05) is 13.2 Å². The fourth-order valence-corrected chi connectivity index (χ4v) is 4.16. The molecule has 11 heteroatoms. The van der Waals surface area contributed by atoms with E-state index in [1.165, 1.54) is 12.1 Å². The molecule has 0 saturated carbocycles. The lowest BCUT2D eigenvalue weighted by molar-refractivity contribution is 0.0937. The van der Waals surface area contributed by atoms with E-state index in [2.05, 4.69) is 15.5 Å². The molecule has 31 heavy (non-hydrogen) atoms. The number of sulfonamides is 1. The number of carbonyl (C=O) groups is 1. The van der Waals surface area contributed by atoms with E-state index in [1.807, 2.05) is 0 Å². The number of pyridine rings is 1. The number of nitrogens with one attached hydrogen (secondary N) is 2. The molecular weight excluding hydrogens is 422 g/mol. The molecule has 4 rings (SSSR count). The van der Waals surface area contributed by atoms with Gasteiger partial charge in [0.15, 0.2) is 0 Å². The molecule has 0 radical (unpaired) electrons. The normalized spacial score (nSPS) is 16.6. The van der Waals surface area contributed by atoms with E-state index in [4.69, 9.17) is 9.88 Å². The lowest BCUT2D eigenvalue weighted by Crippen LogP contribution is -2.28. The van der Waals surface area contributed by atoms with Gasteiger partial charge in [-0.25, -0.2) is 18.7 Å². The Labute approximate surface area is 178 Å². The van der Waals surface area contributed by atoms with E-state index in [0.717, 1.165) is 25.0 Å². The molecular formula is C20H23N5O5S. The molecule has 3 aliphatic heterocycles. The van der Waals surface area contributed by atoms with Crippen LogP contribution < -0.4 is 16.0 Å². The molecule has 164 valence electrons. The summed E-state index contributed by atoms with van der Waals surface area (Å²) >= 11 is 0. The molecule has 3 aliphatic rings. The predicted molar refractivity (Wildman–Crippen MR) is 112 cm³/mol. The summed E-state index contributed by atoms with van der Waals surface area (Å²) < 4.78 is 30.1. The first-order chi connectivity index (χ1) is 14.8. The molecule has 4 N–H and O–H groups in total. The van der Waals surface area contributed by atoms with E-state index < -0.39 is 10.0 Å². The minimum Gasteiger partial charge on any atom is -0.376 e. The Kier molecular flexibility index (Phi) is 5.90. The zero-order chi connectivity index (χ0) is 22.0. The molecule has 0 bridgehead atoms. The highest BCUT2D eigenvalue weighted by atomic mass is 32.2. The standard InChI is InChI=1S/C20H23N5O5S/c21-31(28,29)15-5-3-13(4-6-15)7-8-22-19(26)16-11-25(10-14-2-1-9-30-14)12-17-18(16)23-24-20(17)27/h3-6,11-12,14H,1-2,7-10H2,(H,22,26)(H,24,27)(H2,21,28,29)/t14-/m1/s1. The Morgan fingerprint density at radius 2 is 2.06 bits per heavy atom. The number of carbonyl (C=O) groups excluding carboxylic acids is 1. The highest BCUT2D eigenvalue weighted by Gasteiger charge is 2.23. The van der Waals surface area contributed by atoms with Gasteiger partial charge in [-0.15, -0.1) is 0 Å². The Balaban J connectivity index is 1.46. The summed E-state index contributed by atoms with van der Waals surface area (Å²) in [4.78, 5) is 25.0. The van der Waals surface area contributed by atoms with Crippen molar-refractivity contribution in [3.63, 3.8) is 0 Å². The zero-order valence-electron chi connectivity index (χ0n) is 16.7. The van der Waals surface area contributed by atoms with Crippen LogP contribution >= 0.6 is 0 Å². The number of H-pyrrole nitrogens is 1. The number of rotatable bonds is 7. The Hall–Kier alpha value is -3.02. The second-order valence-electron chi connectivity index (χ2n) is 7.51. The Bertz CT molecular complexity index is 1210. The van der Waals surface area contributed by atoms with Crippen LogP contribution in [0.5, 0.6) is 0 Å². The van der Waals surface area contributed by atoms with Gasteiger partial charge in [0.25, 0.3) is 11.5 Å². The lowest BCUT2D eigenvalue weighted by Gasteiger charge is -2.16. The van der Waals surface area contributed by atoms with Crippen LogP contribution in [0.4, 0.5) is 0 Å². The van der Waals surface area contributed by atoms with Crippen LogP contribution in [-0.4, -0.2) is 48.3 Å². The third-order valence-corrected chi connectivity index (χ3v) is 6.18. The van der Waals surface area contributed by atoms with Crippen LogP contribution in [0, 0.1) is 0 Å². The van der Waals surface area contributed by atoms with Gasteiger partial charge in [-0.05, 0) is 37.0 Å². The highest BCUT2D eigenvalue weighted by molar-refractivity contribution is 7.89. The number of aromatic nitrogens is 3. The number of hydrogen-bond donors (Lipinski definition) is 3. The van der Waals surface area contributed by atoms with Crippen molar-refractivity contribution >= 4 is 15.9 Å². The van der Waals surface area contributed by atoms with Crippen LogP contribution in [0.15, 0.2) is 46.3 Å². The number of benzene rings is 1. The van der Waals surface area contributed by atoms with Crippen LogP contribution in [0.1, 0.15) is 28.8 Å². The van der Waals surface area contributed by atoms with E-state index >= 15 is 0 Å². The Morgan fingerprint density at radius 1 is 1.29 bits per heavy atom. The van der Waals surface area contributed by atoms with E-state index in [-0.39, 0.29) is 22.5 Å². The Morgan fingerprint density at radius 3 is 2.74 bits per heavy atom. The molecule has 1 aromatic carbocycles. The van der Waals surface area contributed by atoms with Gasteiger partial charge in [-0.3, -0.25) is 9.59 Å². The molecule has 0 aliphatic carbocycles. The largest absolute Gasteiger partial charge is 0.376 e. The monoisotopic (exact) mass is 445 g/mol. The average molecular weight is 446 g/mol. The molecule has 1 amide bonds. The fourth-order valence-electron chi connectivity index (χ4n) is 3.65. The number of nitrogens with two attached hydrogens (primary N) is 1. The first-order valence-electron chi connectivity index (χ1n) is 9.91. The molecule has 3 heterocycles. The van der Waals surface area contributed by atoms with Crippen molar-refractivity contribution in [1.82, 2.24) is 20.1 Å². The van der Waals surface area contributed by atoms with Gasteiger partial charge in [0, 0.05) is 32.1 Å². The number of hydrogen-bond acceptors (Lipinski definition) is 6. The molecule has 10 nitrogen and oxygen atoms in total. The van der Waals surface area contributed by atoms with Crippen molar-refractivity contribution in [2.24, 2.45) is 5.14 Å². The second-order valence-corrected chi connectivity index (χ2v) is 9.07. The maximum atomic E-state index is 12.8. The van der Waals surface area contributed by atoms with Crippen LogP contribution in [0.3, 0.4) is 0 Å². The number of primary sulfonamides is 1. The summed E-state index contributed by atoms with van der Waals surface area (Å²) in [7, 11) is -3.74. The average Bonchev–Trinajstić information content (AvgIpc) is 3.37. The molecule has 1 saturated heterocycles. The molecule has 0 aromatic heterocycles. The van der Waals surface area contributed by atoms with Crippen LogP contribution in [0.2, 0.25) is 0 Å². The second kappa shape index (κ2) is 8.61. The maximum absolute atomic E-state index is 12.8. The van der Waals surface area contributed by atoms with Crippen molar-refractivity contribution < 1.29 is 17.9 Å². The molecule has 1 fully saturated rings. The van der Waals surface area contributed by atoms with Crippen molar-refractivity contribution in [2.45, 2.75) is 36.8 Å². The zero-order valence-corrected chi connectivity index (χ0v) is 17.5.